The first-order valence-electron chi connectivity index (χ1n) is 7.86. The lowest BCUT2D eigenvalue weighted by Crippen LogP contribution is -2.45. The van der Waals surface area contributed by atoms with Crippen LogP contribution in [-0.2, 0) is 0 Å². The molecule has 0 unspecified atom stereocenters. The first kappa shape index (κ1) is 16.9. The van der Waals surface area contributed by atoms with E-state index in [0.29, 0.717) is 29.7 Å². The number of nitrogens with one attached hydrogen (secondary N) is 1. The van der Waals surface area contributed by atoms with Crippen LogP contribution < -0.4 is 5.32 Å². The Labute approximate surface area is 144 Å². The number of amides is 1. The molecular weight excluding hydrogens is 327 g/mol. The summed E-state index contributed by atoms with van der Waals surface area (Å²) in [6.07, 6.45) is 2.85. The van der Waals surface area contributed by atoms with Crippen molar-refractivity contribution in [3.63, 3.8) is 0 Å². The minimum Gasteiger partial charge on any atom is -0.388 e. The summed E-state index contributed by atoms with van der Waals surface area (Å²) in [6, 6.07) is 9.51. The van der Waals surface area contributed by atoms with Crippen LogP contribution in [0, 0.1) is 5.82 Å². The summed E-state index contributed by atoms with van der Waals surface area (Å²) in [5.74, 6) is 1.24. The molecular formula is C18H19FN2O2S. The van der Waals surface area contributed by atoms with Gasteiger partial charge in [0.05, 0.1) is 16.9 Å². The standard InChI is InChI=1S/C18H19FN2O2S/c19-15-3-1-2-13(10-15)16-5-4-14(11-20-16)17(22)21-12-18(23)6-8-24-9-7-18/h1-5,10-11,23H,6-9,12H2,(H,21,22). The van der Waals surface area contributed by atoms with Crippen molar-refractivity contribution >= 4 is 17.7 Å². The van der Waals surface area contributed by atoms with Crippen LogP contribution in [0.15, 0.2) is 42.6 Å². The van der Waals surface area contributed by atoms with Crippen molar-refractivity contribution in [3.8, 4) is 11.3 Å². The lowest BCUT2D eigenvalue weighted by molar-refractivity contribution is 0.0311. The third-order valence-electron chi connectivity index (χ3n) is 4.15. The molecule has 1 aromatic heterocycles. The van der Waals surface area contributed by atoms with Crippen LogP contribution in [0.4, 0.5) is 4.39 Å². The number of nitrogens with zero attached hydrogens (tertiary/aromatic N) is 1. The normalized spacial score (nSPS) is 16.6. The average Bonchev–Trinajstić information content (AvgIpc) is 2.61. The van der Waals surface area contributed by atoms with Crippen LogP contribution in [0.2, 0.25) is 0 Å². The Bertz CT molecular complexity index is 715. The highest BCUT2D eigenvalue weighted by molar-refractivity contribution is 7.99. The zero-order valence-electron chi connectivity index (χ0n) is 13.2. The summed E-state index contributed by atoms with van der Waals surface area (Å²) in [7, 11) is 0. The van der Waals surface area contributed by atoms with E-state index in [4.69, 9.17) is 0 Å². The number of aliphatic hydroxyl groups is 1. The first-order valence-corrected chi connectivity index (χ1v) is 9.02. The summed E-state index contributed by atoms with van der Waals surface area (Å²) >= 11 is 1.82. The summed E-state index contributed by atoms with van der Waals surface area (Å²) in [4.78, 5) is 16.4. The van der Waals surface area contributed by atoms with Gasteiger partial charge in [0.2, 0.25) is 0 Å². The van der Waals surface area contributed by atoms with E-state index in [0.717, 1.165) is 11.5 Å². The Morgan fingerprint density at radius 2 is 2.08 bits per heavy atom. The van der Waals surface area contributed by atoms with Crippen molar-refractivity contribution in [1.82, 2.24) is 10.3 Å². The van der Waals surface area contributed by atoms with E-state index in [1.807, 2.05) is 11.8 Å². The Morgan fingerprint density at radius 3 is 2.75 bits per heavy atom. The number of hydrogen-bond acceptors (Lipinski definition) is 4. The summed E-state index contributed by atoms with van der Waals surface area (Å²) < 4.78 is 13.3. The maximum atomic E-state index is 13.3. The van der Waals surface area contributed by atoms with Crippen LogP contribution in [0.25, 0.3) is 11.3 Å². The van der Waals surface area contributed by atoms with E-state index in [1.165, 1.54) is 18.3 Å². The second-order valence-electron chi connectivity index (χ2n) is 5.96. The van der Waals surface area contributed by atoms with E-state index in [-0.39, 0.29) is 18.3 Å². The van der Waals surface area contributed by atoms with Gasteiger partial charge in [-0.25, -0.2) is 4.39 Å². The molecule has 0 bridgehead atoms. The predicted molar refractivity (Wildman–Crippen MR) is 93.5 cm³/mol. The SMILES string of the molecule is O=C(NCC1(O)CCSCC1)c1ccc(-c2cccc(F)c2)nc1. The fourth-order valence-corrected chi connectivity index (χ4v) is 3.87. The lowest BCUT2D eigenvalue weighted by atomic mass is 9.97. The number of aromatic nitrogens is 1. The molecule has 0 radical (unpaired) electrons. The second kappa shape index (κ2) is 7.32. The average molecular weight is 346 g/mol. The molecule has 1 amide bonds. The van der Waals surface area contributed by atoms with Crippen LogP contribution in [0.3, 0.4) is 0 Å². The van der Waals surface area contributed by atoms with Crippen molar-refractivity contribution < 1.29 is 14.3 Å². The molecule has 126 valence electrons. The number of carbonyl (C=O) groups is 1. The zero-order valence-corrected chi connectivity index (χ0v) is 14.0. The van der Waals surface area contributed by atoms with Crippen molar-refractivity contribution in [3.05, 3.63) is 54.0 Å². The van der Waals surface area contributed by atoms with Gasteiger partial charge in [-0.3, -0.25) is 9.78 Å². The third-order valence-corrected chi connectivity index (χ3v) is 5.13. The van der Waals surface area contributed by atoms with E-state index in [2.05, 4.69) is 10.3 Å². The molecule has 1 aliphatic heterocycles. The number of halogens is 1. The minimum absolute atomic E-state index is 0.248. The molecule has 24 heavy (non-hydrogen) atoms. The van der Waals surface area contributed by atoms with Gasteiger partial charge in [-0.1, -0.05) is 12.1 Å². The molecule has 1 aliphatic rings. The molecule has 2 aromatic rings. The van der Waals surface area contributed by atoms with Gasteiger partial charge < -0.3 is 10.4 Å². The van der Waals surface area contributed by atoms with Crippen molar-refractivity contribution in [2.75, 3.05) is 18.1 Å². The van der Waals surface area contributed by atoms with Crippen LogP contribution in [0.1, 0.15) is 23.2 Å². The number of pyridine rings is 1. The van der Waals surface area contributed by atoms with Gasteiger partial charge in [0, 0.05) is 18.3 Å². The largest absolute Gasteiger partial charge is 0.388 e. The van der Waals surface area contributed by atoms with Gasteiger partial charge in [-0.2, -0.15) is 11.8 Å². The Morgan fingerprint density at radius 1 is 1.29 bits per heavy atom. The molecule has 3 rings (SSSR count). The molecule has 1 fully saturated rings. The summed E-state index contributed by atoms with van der Waals surface area (Å²) in [5.41, 5.74) is 0.879. The molecule has 1 aromatic carbocycles. The Balaban J connectivity index is 1.63. The van der Waals surface area contributed by atoms with Crippen molar-refractivity contribution in [2.24, 2.45) is 0 Å². The quantitative estimate of drug-likeness (QED) is 0.894. The van der Waals surface area contributed by atoms with Gasteiger partial charge in [-0.15, -0.1) is 0 Å². The van der Waals surface area contributed by atoms with Crippen LogP contribution in [-0.4, -0.2) is 39.6 Å². The molecule has 4 nitrogen and oxygen atoms in total. The number of rotatable bonds is 4. The topological polar surface area (TPSA) is 62.2 Å². The Kier molecular flexibility index (Phi) is 5.16. The molecule has 2 heterocycles. The maximum absolute atomic E-state index is 13.3. The van der Waals surface area contributed by atoms with E-state index in [9.17, 15) is 14.3 Å². The van der Waals surface area contributed by atoms with E-state index in [1.54, 1.807) is 24.3 Å². The number of hydrogen-bond donors (Lipinski definition) is 2. The molecule has 0 saturated carbocycles. The van der Waals surface area contributed by atoms with Crippen molar-refractivity contribution in [1.29, 1.82) is 0 Å². The fraction of sp³-hybridized carbons (Fsp3) is 0.333. The zero-order chi connectivity index (χ0) is 17.0. The van der Waals surface area contributed by atoms with Crippen LogP contribution >= 0.6 is 11.8 Å². The first-order chi connectivity index (χ1) is 11.6. The van der Waals surface area contributed by atoms with Gasteiger partial charge >= 0.3 is 0 Å². The number of thioether (sulfide) groups is 1. The molecule has 0 atom stereocenters. The molecule has 0 spiro atoms. The van der Waals surface area contributed by atoms with Crippen molar-refractivity contribution in [2.45, 2.75) is 18.4 Å². The smallest absolute Gasteiger partial charge is 0.252 e. The lowest BCUT2D eigenvalue weighted by Gasteiger charge is -2.31. The monoisotopic (exact) mass is 346 g/mol. The minimum atomic E-state index is -0.810. The summed E-state index contributed by atoms with van der Waals surface area (Å²) in [5, 5.41) is 13.2. The molecule has 2 N–H and O–H groups in total. The molecule has 6 heteroatoms. The van der Waals surface area contributed by atoms with E-state index >= 15 is 0 Å². The fourth-order valence-electron chi connectivity index (χ4n) is 2.62. The van der Waals surface area contributed by atoms with Gasteiger partial charge in [0.15, 0.2) is 0 Å². The predicted octanol–water partition coefficient (Wildman–Crippen LogP) is 2.88. The van der Waals surface area contributed by atoms with E-state index < -0.39 is 5.60 Å². The van der Waals surface area contributed by atoms with Gasteiger partial charge in [-0.05, 0) is 48.6 Å². The maximum Gasteiger partial charge on any atom is 0.252 e. The molecule has 1 saturated heterocycles. The highest BCUT2D eigenvalue weighted by Crippen LogP contribution is 2.26. The summed E-state index contributed by atoms with van der Waals surface area (Å²) in [6.45, 7) is 0.248. The number of carbonyl (C=O) groups excluding carboxylic acids is 1. The van der Waals surface area contributed by atoms with Gasteiger partial charge in [0.1, 0.15) is 5.82 Å². The Hall–Kier alpha value is -1.92. The van der Waals surface area contributed by atoms with Gasteiger partial charge in [0.25, 0.3) is 5.91 Å². The molecule has 0 aliphatic carbocycles. The highest BCUT2D eigenvalue weighted by atomic mass is 32.2. The second-order valence-corrected chi connectivity index (χ2v) is 7.19. The number of benzene rings is 1. The highest BCUT2D eigenvalue weighted by Gasteiger charge is 2.29. The van der Waals surface area contributed by atoms with Crippen LogP contribution in [0.5, 0.6) is 0 Å². The third kappa shape index (κ3) is 4.13.